The van der Waals surface area contributed by atoms with Gasteiger partial charge in [0.25, 0.3) is 5.91 Å². The molecule has 126 valence electrons. The van der Waals surface area contributed by atoms with Gasteiger partial charge in [-0.25, -0.2) is 0 Å². The fraction of sp³-hybridized carbons (Fsp3) is 0.222. The molecule has 0 aliphatic carbocycles. The van der Waals surface area contributed by atoms with Crippen LogP contribution < -0.4 is 15.4 Å². The summed E-state index contributed by atoms with van der Waals surface area (Å²) in [6.07, 6.45) is 0.920. The first-order chi connectivity index (χ1) is 11.6. The minimum absolute atomic E-state index is 0.0731. The van der Waals surface area contributed by atoms with Crippen molar-refractivity contribution in [2.45, 2.75) is 12.8 Å². The largest absolute Gasteiger partial charge is 0.497 e. The molecule has 0 aromatic heterocycles. The van der Waals surface area contributed by atoms with Gasteiger partial charge in [-0.15, -0.1) is 0 Å². The SMILES string of the molecule is COc1ccc(C(=O)NCCCC(=O)Nc2ccc(Br)cc2)cc1. The molecule has 0 atom stereocenters. The third-order valence-electron chi connectivity index (χ3n) is 3.35. The zero-order valence-electron chi connectivity index (χ0n) is 13.3. The summed E-state index contributed by atoms with van der Waals surface area (Å²) in [5.41, 5.74) is 1.32. The highest BCUT2D eigenvalue weighted by atomic mass is 79.9. The summed E-state index contributed by atoms with van der Waals surface area (Å²) < 4.78 is 6.01. The molecule has 24 heavy (non-hydrogen) atoms. The van der Waals surface area contributed by atoms with Gasteiger partial charge in [-0.05, 0) is 55.0 Å². The van der Waals surface area contributed by atoms with Crippen LogP contribution in [0, 0.1) is 0 Å². The van der Waals surface area contributed by atoms with Gasteiger partial charge in [0.1, 0.15) is 5.75 Å². The van der Waals surface area contributed by atoms with E-state index in [-0.39, 0.29) is 11.8 Å². The van der Waals surface area contributed by atoms with Crippen molar-refractivity contribution in [3.8, 4) is 5.75 Å². The zero-order valence-corrected chi connectivity index (χ0v) is 14.9. The summed E-state index contributed by atoms with van der Waals surface area (Å²) in [5.74, 6) is 0.471. The maximum Gasteiger partial charge on any atom is 0.251 e. The van der Waals surface area contributed by atoms with Crippen LogP contribution in [0.2, 0.25) is 0 Å². The summed E-state index contributed by atoms with van der Waals surface area (Å²) >= 11 is 3.34. The number of halogens is 1. The molecule has 0 unspecified atom stereocenters. The molecule has 2 N–H and O–H groups in total. The van der Waals surface area contributed by atoms with E-state index in [1.54, 1.807) is 31.4 Å². The van der Waals surface area contributed by atoms with Gasteiger partial charge >= 0.3 is 0 Å². The van der Waals surface area contributed by atoms with Crippen LogP contribution in [0.5, 0.6) is 5.75 Å². The van der Waals surface area contributed by atoms with Gasteiger partial charge in [-0.2, -0.15) is 0 Å². The molecule has 2 amide bonds. The fourth-order valence-corrected chi connectivity index (χ4v) is 2.32. The van der Waals surface area contributed by atoms with Gasteiger partial charge in [0.2, 0.25) is 5.91 Å². The number of amides is 2. The monoisotopic (exact) mass is 390 g/mol. The van der Waals surface area contributed by atoms with Gasteiger partial charge in [-0.3, -0.25) is 9.59 Å². The Hall–Kier alpha value is -2.34. The van der Waals surface area contributed by atoms with Crippen LogP contribution in [-0.4, -0.2) is 25.5 Å². The molecule has 0 aliphatic rings. The van der Waals surface area contributed by atoms with Gasteiger partial charge in [0, 0.05) is 28.7 Å². The molecule has 0 saturated carbocycles. The molecule has 0 heterocycles. The Bertz CT molecular complexity index is 684. The van der Waals surface area contributed by atoms with Crippen molar-refractivity contribution < 1.29 is 14.3 Å². The number of benzene rings is 2. The molecule has 0 spiro atoms. The van der Waals surface area contributed by atoms with E-state index in [1.165, 1.54) is 0 Å². The summed E-state index contributed by atoms with van der Waals surface area (Å²) in [6.45, 7) is 0.443. The second kappa shape index (κ2) is 9.08. The Balaban J connectivity index is 1.68. The first-order valence-electron chi connectivity index (χ1n) is 7.56. The Morgan fingerprint density at radius 3 is 2.33 bits per heavy atom. The quantitative estimate of drug-likeness (QED) is 0.709. The van der Waals surface area contributed by atoms with Crippen LogP contribution in [0.25, 0.3) is 0 Å². The first kappa shape index (κ1) is 18.0. The maximum atomic E-state index is 12.0. The van der Waals surface area contributed by atoms with Gasteiger partial charge in [0.15, 0.2) is 0 Å². The summed E-state index contributed by atoms with van der Waals surface area (Å²) in [7, 11) is 1.58. The lowest BCUT2D eigenvalue weighted by Crippen LogP contribution is -2.25. The van der Waals surface area contributed by atoms with Crippen LogP contribution in [0.3, 0.4) is 0 Å². The number of anilines is 1. The van der Waals surface area contributed by atoms with Crippen molar-refractivity contribution in [1.82, 2.24) is 5.32 Å². The van der Waals surface area contributed by atoms with Crippen molar-refractivity contribution in [3.05, 3.63) is 58.6 Å². The molecular weight excluding hydrogens is 372 g/mol. The van der Waals surface area contributed by atoms with E-state index in [0.29, 0.717) is 30.7 Å². The van der Waals surface area contributed by atoms with Gasteiger partial charge < -0.3 is 15.4 Å². The fourth-order valence-electron chi connectivity index (χ4n) is 2.05. The van der Waals surface area contributed by atoms with Crippen molar-refractivity contribution in [1.29, 1.82) is 0 Å². The van der Waals surface area contributed by atoms with Crippen molar-refractivity contribution in [2.75, 3.05) is 19.0 Å². The lowest BCUT2D eigenvalue weighted by molar-refractivity contribution is -0.116. The molecular formula is C18H19BrN2O3. The molecule has 0 aliphatic heterocycles. The lowest BCUT2D eigenvalue weighted by atomic mass is 10.2. The Morgan fingerprint density at radius 2 is 1.71 bits per heavy atom. The highest BCUT2D eigenvalue weighted by Gasteiger charge is 2.06. The number of hydrogen-bond donors (Lipinski definition) is 2. The first-order valence-corrected chi connectivity index (χ1v) is 8.35. The zero-order chi connectivity index (χ0) is 17.4. The number of methoxy groups -OCH3 is 1. The predicted molar refractivity (Wildman–Crippen MR) is 97.3 cm³/mol. The molecule has 0 radical (unpaired) electrons. The number of carbonyl (C=O) groups is 2. The predicted octanol–water partition coefficient (Wildman–Crippen LogP) is 3.61. The van der Waals surface area contributed by atoms with E-state index in [9.17, 15) is 9.59 Å². The number of hydrogen-bond acceptors (Lipinski definition) is 3. The minimum Gasteiger partial charge on any atom is -0.497 e. The van der Waals surface area contributed by atoms with Crippen LogP contribution in [0.1, 0.15) is 23.2 Å². The lowest BCUT2D eigenvalue weighted by Gasteiger charge is -2.07. The van der Waals surface area contributed by atoms with Crippen molar-refractivity contribution in [2.24, 2.45) is 0 Å². The number of nitrogens with one attached hydrogen (secondary N) is 2. The molecule has 6 heteroatoms. The van der Waals surface area contributed by atoms with Crippen LogP contribution >= 0.6 is 15.9 Å². The summed E-state index contributed by atoms with van der Waals surface area (Å²) in [5, 5.41) is 5.61. The van der Waals surface area contributed by atoms with Gasteiger partial charge in [-0.1, -0.05) is 15.9 Å². The standard InChI is InChI=1S/C18H19BrN2O3/c1-24-16-10-4-13(5-11-16)18(23)20-12-2-3-17(22)21-15-8-6-14(19)7-9-15/h4-11H,2-3,12H2,1H3,(H,20,23)(H,21,22). The number of rotatable bonds is 7. The normalized spacial score (nSPS) is 10.1. The van der Waals surface area contributed by atoms with Crippen LogP contribution in [0.15, 0.2) is 53.0 Å². The van der Waals surface area contributed by atoms with Crippen molar-refractivity contribution >= 4 is 33.4 Å². The second-order valence-electron chi connectivity index (χ2n) is 5.14. The van der Waals surface area contributed by atoms with E-state index < -0.39 is 0 Å². The Kier molecular flexibility index (Phi) is 6.81. The molecule has 2 rings (SSSR count). The average molecular weight is 391 g/mol. The third-order valence-corrected chi connectivity index (χ3v) is 3.88. The van der Waals surface area contributed by atoms with Crippen LogP contribution in [0.4, 0.5) is 5.69 Å². The summed E-state index contributed by atoms with van der Waals surface area (Å²) in [6, 6.07) is 14.3. The molecule has 2 aromatic carbocycles. The van der Waals surface area contributed by atoms with E-state index in [2.05, 4.69) is 26.6 Å². The van der Waals surface area contributed by atoms with E-state index >= 15 is 0 Å². The van der Waals surface area contributed by atoms with E-state index in [1.807, 2.05) is 24.3 Å². The Labute approximate surface area is 149 Å². The van der Waals surface area contributed by atoms with Crippen molar-refractivity contribution in [3.63, 3.8) is 0 Å². The highest BCUT2D eigenvalue weighted by molar-refractivity contribution is 9.10. The van der Waals surface area contributed by atoms with E-state index in [0.717, 1.165) is 10.2 Å². The topological polar surface area (TPSA) is 67.4 Å². The molecule has 0 saturated heterocycles. The van der Waals surface area contributed by atoms with Crippen LogP contribution in [-0.2, 0) is 4.79 Å². The smallest absolute Gasteiger partial charge is 0.251 e. The number of carbonyl (C=O) groups excluding carboxylic acids is 2. The highest BCUT2D eigenvalue weighted by Crippen LogP contribution is 2.14. The summed E-state index contributed by atoms with van der Waals surface area (Å²) in [4.78, 5) is 23.8. The third kappa shape index (κ3) is 5.70. The number of ether oxygens (including phenoxy) is 1. The van der Waals surface area contributed by atoms with Gasteiger partial charge in [0.05, 0.1) is 7.11 Å². The molecule has 5 nitrogen and oxygen atoms in total. The second-order valence-corrected chi connectivity index (χ2v) is 6.06. The maximum absolute atomic E-state index is 12.0. The molecule has 0 fully saturated rings. The van der Waals surface area contributed by atoms with E-state index in [4.69, 9.17) is 4.74 Å². The Morgan fingerprint density at radius 1 is 1.04 bits per heavy atom. The molecule has 0 bridgehead atoms. The molecule has 2 aromatic rings. The average Bonchev–Trinajstić information content (AvgIpc) is 2.60. The minimum atomic E-state index is -0.161.